The lowest BCUT2D eigenvalue weighted by Gasteiger charge is -2.27. The minimum absolute atomic E-state index is 0.0816. The van der Waals surface area contributed by atoms with Gasteiger partial charge in [0.15, 0.2) is 5.60 Å². The number of aromatic nitrogens is 3. The highest BCUT2D eigenvalue weighted by atomic mass is 35.5. The van der Waals surface area contributed by atoms with E-state index in [1.165, 1.54) is 17.1 Å². The molecular formula is C13H16ClN4O12P3. The van der Waals surface area contributed by atoms with Gasteiger partial charge in [-0.2, -0.15) is 8.62 Å². The summed E-state index contributed by atoms with van der Waals surface area (Å²) in [6.45, 7) is -1.05. The summed E-state index contributed by atoms with van der Waals surface area (Å²) < 4.78 is 53.0. The van der Waals surface area contributed by atoms with Crippen LogP contribution in [0.25, 0.3) is 11.0 Å². The number of terminal acetylenes is 1. The van der Waals surface area contributed by atoms with Crippen LogP contribution in [0.15, 0.2) is 12.5 Å². The molecule has 3 heterocycles. The predicted molar refractivity (Wildman–Crippen MR) is 109 cm³/mol. The molecule has 0 amide bonds. The molecule has 0 spiro atoms. The molecule has 16 nitrogen and oxygen atoms in total. The summed E-state index contributed by atoms with van der Waals surface area (Å²) in [5, 5.41) is 11.0. The van der Waals surface area contributed by atoms with Crippen LogP contribution in [0.4, 0.5) is 5.82 Å². The monoisotopic (exact) mass is 548 g/mol. The Bertz CT molecular complexity index is 1260. The topological polar surface area (TPSA) is 246 Å². The van der Waals surface area contributed by atoms with Gasteiger partial charge in [0.25, 0.3) is 0 Å². The summed E-state index contributed by atoms with van der Waals surface area (Å²) >= 11 is 6.16. The van der Waals surface area contributed by atoms with E-state index in [0.717, 1.165) is 0 Å². The lowest BCUT2D eigenvalue weighted by molar-refractivity contribution is -0.0873. The molecule has 3 rings (SSSR count). The van der Waals surface area contributed by atoms with Crippen LogP contribution in [0.5, 0.6) is 0 Å². The van der Waals surface area contributed by atoms with Crippen LogP contribution in [0, 0.1) is 12.3 Å². The summed E-state index contributed by atoms with van der Waals surface area (Å²) in [7, 11) is -16.8. The first-order valence-corrected chi connectivity index (χ1v) is 13.4. The number of aliphatic hydroxyl groups excluding tert-OH is 1. The van der Waals surface area contributed by atoms with E-state index in [4.69, 9.17) is 38.3 Å². The molecule has 1 aliphatic heterocycles. The standard InChI is InChI=1S/C13H16ClN4O12P3/c1-2-13(5-27-32(23,24)30-33(25,26)29-31(20,21)22)8(19)3-9(28-13)18-4-7(14)10-11(15)16-6-17-12(10)18/h1,4,6,8-9,19H,3,5H2,(H,23,24)(H,25,26)(H2,15,16,17)(H2,20,21,22)/t8-,9+,13+/m0/s1. The van der Waals surface area contributed by atoms with Crippen molar-refractivity contribution in [2.45, 2.75) is 24.4 Å². The van der Waals surface area contributed by atoms with Gasteiger partial charge in [-0.3, -0.25) is 4.52 Å². The molecule has 2 unspecified atom stereocenters. The van der Waals surface area contributed by atoms with Gasteiger partial charge >= 0.3 is 23.5 Å². The largest absolute Gasteiger partial charge is 0.490 e. The van der Waals surface area contributed by atoms with E-state index in [1.54, 1.807) is 0 Å². The molecule has 5 atom stereocenters. The van der Waals surface area contributed by atoms with Gasteiger partial charge in [0.2, 0.25) is 0 Å². The maximum atomic E-state index is 12.0. The van der Waals surface area contributed by atoms with Crippen LogP contribution in [-0.4, -0.2) is 57.5 Å². The van der Waals surface area contributed by atoms with Crippen molar-refractivity contribution in [1.82, 2.24) is 14.5 Å². The number of hydrogen-bond acceptors (Lipinski definition) is 11. The molecule has 2 aromatic heterocycles. The lowest BCUT2D eigenvalue weighted by Crippen LogP contribution is -2.42. The van der Waals surface area contributed by atoms with Crippen LogP contribution in [0.1, 0.15) is 12.6 Å². The number of phosphoric acid groups is 3. The molecule has 20 heteroatoms. The van der Waals surface area contributed by atoms with Gasteiger partial charge in [-0.05, 0) is 0 Å². The molecule has 1 saturated heterocycles. The molecule has 0 bridgehead atoms. The minimum Gasteiger partial charge on any atom is -0.389 e. The zero-order valence-electron chi connectivity index (χ0n) is 16.0. The van der Waals surface area contributed by atoms with Crippen LogP contribution in [0.3, 0.4) is 0 Å². The quantitative estimate of drug-likeness (QED) is 0.196. The Morgan fingerprint density at radius 3 is 2.55 bits per heavy atom. The van der Waals surface area contributed by atoms with Crippen molar-refractivity contribution in [3.05, 3.63) is 17.5 Å². The number of rotatable bonds is 8. The van der Waals surface area contributed by atoms with Crippen LogP contribution < -0.4 is 5.73 Å². The second-order valence-electron chi connectivity index (χ2n) is 6.56. The third-order valence-corrected chi connectivity index (χ3v) is 8.38. The van der Waals surface area contributed by atoms with E-state index in [-0.39, 0.29) is 22.9 Å². The molecule has 33 heavy (non-hydrogen) atoms. The second-order valence-corrected chi connectivity index (χ2v) is 11.4. The fourth-order valence-electron chi connectivity index (χ4n) is 2.99. The summed E-state index contributed by atoms with van der Waals surface area (Å²) in [5.74, 6) is 2.17. The highest BCUT2D eigenvalue weighted by Gasteiger charge is 2.51. The number of anilines is 1. The first-order valence-electron chi connectivity index (χ1n) is 8.46. The Morgan fingerprint density at radius 2 is 1.94 bits per heavy atom. The smallest absolute Gasteiger partial charge is 0.389 e. The van der Waals surface area contributed by atoms with Crippen molar-refractivity contribution in [3.63, 3.8) is 0 Å². The van der Waals surface area contributed by atoms with Gasteiger partial charge in [-0.1, -0.05) is 17.5 Å². The maximum Gasteiger partial charge on any atom is 0.490 e. The summed E-state index contributed by atoms with van der Waals surface area (Å²) in [6.07, 6.45) is 5.33. The third kappa shape index (κ3) is 5.82. The van der Waals surface area contributed by atoms with Crippen LogP contribution in [-0.2, 0) is 31.6 Å². The van der Waals surface area contributed by atoms with Crippen molar-refractivity contribution in [1.29, 1.82) is 0 Å². The number of fused-ring (bicyclic) bond motifs is 1. The molecule has 1 fully saturated rings. The summed E-state index contributed by atoms with van der Waals surface area (Å²) in [4.78, 5) is 43.9. The van der Waals surface area contributed by atoms with Crippen LogP contribution in [0.2, 0.25) is 5.02 Å². The summed E-state index contributed by atoms with van der Waals surface area (Å²) in [5.41, 5.74) is 3.98. The average molecular weight is 549 g/mol. The molecule has 182 valence electrons. The van der Waals surface area contributed by atoms with E-state index in [0.29, 0.717) is 5.39 Å². The summed E-state index contributed by atoms with van der Waals surface area (Å²) in [6, 6.07) is 0. The second kappa shape index (κ2) is 8.99. The van der Waals surface area contributed by atoms with E-state index in [2.05, 4.69) is 29.0 Å². The van der Waals surface area contributed by atoms with E-state index in [1.807, 2.05) is 0 Å². The highest BCUT2D eigenvalue weighted by Crippen LogP contribution is 2.66. The number of nitrogens with two attached hydrogens (primary N) is 1. The van der Waals surface area contributed by atoms with Gasteiger partial charge in [0.05, 0.1) is 10.4 Å². The van der Waals surface area contributed by atoms with E-state index < -0.39 is 48.0 Å². The number of aliphatic hydroxyl groups is 1. The number of ether oxygens (including phenoxy) is 1. The molecule has 1 aliphatic rings. The van der Waals surface area contributed by atoms with Gasteiger partial charge in [-0.15, -0.1) is 6.42 Å². The molecule has 0 radical (unpaired) electrons. The number of phosphoric ester groups is 1. The van der Waals surface area contributed by atoms with Gasteiger partial charge in [-0.25, -0.2) is 23.7 Å². The molecule has 0 aliphatic carbocycles. The Hall–Kier alpha value is -1.40. The lowest BCUT2D eigenvalue weighted by atomic mass is 9.99. The highest BCUT2D eigenvalue weighted by molar-refractivity contribution is 7.66. The fraction of sp³-hybridized carbons (Fsp3) is 0.385. The Morgan fingerprint density at radius 1 is 1.27 bits per heavy atom. The average Bonchev–Trinajstić information content (AvgIpc) is 3.15. The van der Waals surface area contributed by atoms with Crippen molar-refractivity contribution >= 4 is 51.9 Å². The third-order valence-electron chi connectivity index (χ3n) is 4.31. The van der Waals surface area contributed by atoms with Gasteiger partial charge in [0, 0.05) is 12.6 Å². The molecule has 2 aromatic rings. The molecule has 0 aromatic carbocycles. The Balaban J connectivity index is 1.79. The fourth-order valence-corrected chi connectivity index (χ4v) is 6.32. The van der Waals surface area contributed by atoms with Crippen molar-refractivity contribution in [2.75, 3.05) is 12.3 Å². The molecule has 7 N–H and O–H groups in total. The number of hydrogen-bond donors (Lipinski definition) is 6. The van der Waals surface area contributed by atoms with Crippen molar-refractivity contribution in [3.8, 4) is 12.3 Å². The number of nitrogens with zero attached hydrogens (tertiary/aromatic N) is 3. The maximum absolute atomic E-state index is 12.0. The Kier molecular flexibility index (Phi) is 7.14. The first kappa shape index (κ1) is 26.2. The van der Waals surface area contributed by atoms with Gasteiger partial charge in [0.1, 0.15) is 36.7 Å². The molecule has 0 saturated carbocycles. The molecular weight excluding hydrogens is 533 g/mol. The number of halogens is 1. The van der Waals surface area contributed by atoms with Crippen molar-refractivity contribution in [2.24, 2.45) is 0 Å². The zero-order valence-corrected chi connectivity index (χ0v) is 19.5. The van der Waals surface area contributed by atoms with Crippen LogP contribution >= 0.6 is 35.1 Å². The predicted octanol–water partition coefficient (Wildman–Crippen LogP) is 0.662. The van der Waals surface area contributed by atoms with E-state index >= 15 is 0 Å². The van der Waals surface area contributed by atoms with Crippen molar-refractivity contribution < 1.29 is 56.3 Å². The zero-order chi connectivity index (χ0) is 24.8. The normalized spacial score (nSPS) is 27.2. The SMILES string of the molecule is C#C[C@]1(COP(=O)(O)OP(=O)(O)OP(=O)(O)O)O[C@@H](n2cc(Cl)c3c(N)ncnc32)C[C@@H]1O. The first-order chi connectivity index (χ1) is 15.1. The number of nitrogen functional groups attached to an aromatic ring is 1. The van der Waals surface area contributed by atoms with E-state index in [9.17, 15) is 28.6 Å². The minimum atomic E-state index is -5.73. The van der Waals surface area contributed by atoms with Gasteiger partial charge < -0.3 is 39.7 Å². The Labute approximate surface area is 189 Å².